The molecule has 0 radical (unpaired) electrons. The normalized spacial score (nSPS) is 18.1. The van der Waals surface area contributed by atoms with Gasteiger partial charge in [0.25, 0.3) is 5.91 Å². The second kappa shape index (κ2) is 25.8. The zero-order chi connectivity index (χ0) is 56.6. The number of oxime groups is 2. The minimum atomic E-state index is -1.15. The zero-order valence-corrected chi connectivity index (χ0v) is 44.5. The van der Waals surface area contributed by atoms with Crippen molar-refractivity contribution in [2.75, 3.05) is 39.3 Å². The monoisotopic (exact) mass is 1120 g/mol. The van der Waals surface area contributed by atoms with Gasteiger partial charge in [-0.05, 0) is 172 Å². The SMILES string of the molecule is N[C@H](CN1CCCC1)[C@H](O)c1ccc(OC2CC2)c(F)c1.O=C(N[C@H](CN1CCCC1)[C@H](O)c1ccc(OC2CC2)c(F)c1)C1=NOCc2cc(-c3ccc(F)cc3)ccc21.O=C(O)C1=NOCc2cc(-c3ccc(F)cc3)ccc21.[2HH]. The summed E-state index contributed by atoms with van der Waals surface area (Å²) >= 11 is 0. The van der Waals surface area contributed by atoms with Gasteiger partial charge in [-0.25, -0.2) is 22.4 Å². The van der Waals surface area contributed by atoms with Crippen LogP contribution in [-0.2, 0) is 32.5 Å². The van der Waals surface area contributed by atoms with Crippen molar-refractivity contribution in [3.8, 4) is 33.8 Å². The van der Waals surface area contributed by atoms with E-state index in [-0.39, 0.29) is 61.4 Å². The number of nitrogens with one attached hydrogen (secondary N) is 1. The van der Waals surface area contributed by atoms with Crippen LogP contribution in [-0.4, -0.2) is 112 Å². The minimum absolute atomic E-state index is 0. The highest BCUT2D eigenvalue weighted by molar-refractivity contribution is 6.45. The molecule has 81 heavy (non-hydrogen) atoms. The van der Waals surface area contributed by atoms with Gasteiger partial charge in [-0.3, -0.25) is 4.79 Å². The lowest BCUT2D eigenvalue weighted by molar-refractivity contribution is -0.129. The lowest BCUT2D eigenvalue weighted by Gasteiger charge is -2.29. The van der Waals surface area contributed by atoms with Gasteiger partial charge in [0.2, 0.25) is 0 Å². The third-order valence-electron chi connectivity index (χ3n) is 14.9. The molecule has 6 aliphatic rings. The van der Waals surface area contributed by atoms with Crippen LogP contribution in [0.2, 0.25) is 0 Å². The Hall–Kier alpha value is -7.68. The summed E-state index contributed by atoms with van der Waals surface area (Å²) in [5.41, 5.74) is 13.1. The Morgan fingerprint density at radius 1 is 0.593 bits per heavy atom. The van der Waals surface area contributed by atoms with Crippen LogP contribution in [0.5, 0.6) is 11.5 Å². The van der Waals surface area contributed by atoms with Crippen LogP contribution in [0.1, 0.15) is 98.4 Å². The van der Waals surface area contributed by atoms with E-state index in [1.54, 1.807) is 60.7 Å². The predicted molar refractivity (Wildman–Crippen MR) is 297 cm³/mol. The molecule has 4 aliphatic heterocycles. The number of nitrogens with zero attached hydrogens (tertiary/aromatic N) is 4. The summed E-state index contributed by atoms with van der Waals surface area (Å²) in [5.74, 6) is -2.75. The van der Waals surface area contributed by atoms with Gasteiger partial charge in [0.1, 0.15) is 31.0 Å². The number of fused-ring (bicyclic) bond motifs is 2. The summed E-state index contributed by atoms with van der Waals surface area (Å²) in [7, 11) is 0. The number of rotatable bonds is 17. The smallest absolute Gasteiger partial charge is 0.358 e. The first-order chi connectivity index (χ1) is 39.2. The van der Waals surface area contributed by atoms with Crippen molar-refractivity contribution in [3.63, 3.8) is 0 Å². The first kappa shape index (κ1) is 56.6. The number of likely N-dealkylation sites (tertiary alicyclic amines) is 2. The van der Waals surface area contributed by atoms with Gasteiger partial charge in [-0.1, -0.05) is 71.0 Å². The fourth-order valence-corrected chi connectivity index (χ4v) is 10.2. The van der Waals surface area contributed by atoms with Gasteiger partial charge in [-0.2, -0.15) is 0 Å². The van der Waals surface area contributed by atoms with Gasteiger partial charge in [0, 0.05) is 42.8 Å². The Balaban J connectivity index is 0.000000162. The Bertz CT molecular complexity index is 3260. The van der Waals surface area contributed by atoms with Gasteiger partial charge < -0.3 is 55.3 Å². The standard InChI is InChI=1S/C31H31F2N3O4.C16H23FN2O2.C15H10FNO3.H2/c32-23-7-3-19(4-8-23)20-5-11-25-22(15-20)18-39-35-29(25)31(38)34-27(17-36-13-1-2-14-36)30(37)21-6-12-28(26(33)16-21)40-24-9-10-24;17-13-9-11(3-6-15(13)21-12-4-5-12)16(20)14(18)10-19-7-1-2-8-19;16-12-4-1-9(2-5-12)10-3-6-13-11(7-10)8-20-17-14(13)15(18)19;/h3-8,11-12,15-16,24,27,30,37H,1-2,9-10,13-14,17-18H2,(H,34,38);3,6,9,12,14,16,20H,1-2,4-5,7-8,10,18H2;1-7H,8H2,(H,18,19);1H/t27-,30-;14-,16-;;/m11../s1/i;;;1+1. The summed E-state index contributed by atoms with van der Waals surface area (Å²) in [6, 6.07) is 31.1. The maximum Gasteiger partial charge on any atom is 0.358 e. The summed E-state index contributed by atoms with van der Waals surface area (Å²) < 4.78 is 66.1. The first-order valence-corrected chi connectivity index (χ1v) is 27.4. The number of amides is 1. The number of carboxylic acids is 1. The van der Waals surface area contributed by atoms with E-state index in [0.29, 0.717) is 35.3 Å². The molecule has 4 fully saturated rings. The third-order valence-corrected chi connectivity index (χ3v) is 14.9. The van der Waals surface area contributed by atoms with Crippen LogP contribution in [0, 0.1) is 23.3 Å². The van der Waals surface area contributed by atoms with Crippen molar-refractivity contribution < 1.29 is 63.0 Å². The van der Waals surface area contributed by atoms with Crippen molar-refractivity contribution in [3.05, 3.63) is 178 Å². The van der Waals surface area contributed by atoms with E-state index >= 15 is 0 Å². The van der Waals surface area contributed by atoms with E-state index in [1.165, 1.54) is 55.3 Å². The molecule has 2 aliphatic carbocycles. The Morgan fingerprint density at radius 2 is 1.02 bits per heavy atom. The third kappa shape index (κ3) is 14.6. The summed E-state index contributed by atoms with van der Waals surface area (Å²) in [6.45, 7) is 5.24. The number of nitrogens with two attached hydrogens (primary N) is 1. The van der Waals surface area contributed by atoms with E-state index in [1.807, 2.05) is 18.2 Å². The Morgan fingerprint density at radius 3 is 1.48 bits per heavy atom. The molecule has 0 aromatic heterocycles. The number of ether oxygens (including phenoxy) is 2. The number of hydrogen-bond donors (Lipinski definition) is 5. The van der Waals surface area contributed by atoms with E-state index in [0.717, 1.165) is 98.1 Å². The molecule has 4 heterocycles. The van der Waals surface area contributed by atoms with Crippen molar-refractivity contribution in [1.82, 2.24) is 15.1 Å². The largest absolute Gasteiger partial charge is 0.487 e. The van der Waals surface area contributed by atoms with E-state index < -0.39 is 47.8 Å². The fraction of sp³-hybridized carbons (Fsp3) is 0.355. The highest BCUT2D eigenvalue weighted by atomic mass is 19.1. The maximum atomic E-state index is 14.8. The lowest BCUT2D eigenvalue weighted by atomic mass is 9.95. The second-order valence-corrected chi connectivity index (χ2v) is 21.2. The number of carbonyl (C=O) groups excluding carboxylic acids is 1. The molecule has 6 N–H and O–H groups in total. The molecule has 2 saturated heterocycles. The highest BCUT2D eigenvalue weighted by Crippen LogP contribution is 2.34. The molecule has 6 aromatic rings. The quantitative estimate of drug-likeness (QED) is 0.0543. The van der Waals surface area contributed by atoms with Gasteiger partial charge in [0.05, 0.1) is 24.4 Å². The van der Waals surface area contributed by atoms with Crippen LogP contribution in [0.25, 0.3) is 22.3 Å². The molecule has 12 rings (SSSR count). The van der Waals surface area contributed by atoms with Crippen molar-refractivity contribution >= 4 is 23.3 Å². The molecular formula is C62H66F4N6O9. The summed E-state index contributed by atoms with van der Waals surface area (Å²) in [6.07, 6.45) is 6.48. The number of aliphatic hydroxyl groups excluding tert-OH is 2. The van der Waals surface area contributed by atoms with Crippen molar-refractivity contribution in [1.29, 1.82) is 0 Å². The number of carboxylic acid groups (broad SMARTS) is 1. The van der Waals surface area contributed by atoms with E-state index in [9.17, 15) is 37.4 Å². The average molecular weight is 1120 g/mol. The number of hydrogen-bond acceptors (Lipinski definition) is 13. The Labute approximate surface area is 468 Å². The predicted octanol–water partition coefficient (Wildman–Crippen LogP) is 9.60. The molecule has 0 spiro atoms. The molecule has 2 saturated carbocycles. The summed E-state index contributed by atoms with van der Waals surface area (Å²) in [5, 5.41) is 41.2. The average Bonchev–Trinajstić information content (AvgIpc) is 4.46. The van der Waals surface area contributed by atoms with E-state index in [2.05, 4.69) is 25.4 Å². The Kier molecular flexibility index (Phi) is 18.1. The van der Waals surface area contributed by atoms with Crippen LogP contribution in [0.15, 0.2) is 132 Å². The second-order valence-electron chi connectivity index (χ2n) is 21.2. The molecule has 1 amide bonds. The van der Waals surface area contributed by atoms with Crippen LogP contribution in [0.4, 0.5) is 17.6 Å². The van der Waals surface area contributed by atoms with Crippen LogP contribution in [0.3, 0.4) is 0 Å². The number of halogens is 4. The molecule has 426 valence electrons. The van der Waals surface area contributed by atoms with Gasteiger partial charge >= 0.3 is 5.97 Å². The highest BCUT2D eigenvalue weighted by Gasteiger charge is 2.33. The number of carbonyl (C=O) groups is 2. The maximum absolute atomic E-state index is 14.8. The molecule has 19 heteroatoms. The number of benzene rings is 6. The topological polar surface area (TPSA) is 201 Å². The summed E-state index contributed by atoms with van der Waals surface area (Å²) in [4.78, 5) is 39.3. The van der Waals surface area contributed by atoms with E-state index in [4.69, 9.17) is 30.0 Å². The lowest BCUT2D eigenvalue weighted by Crippen LogP contribution is -2.49. The fourth-order valence-electron chi connectivity index (χ4n) is 10.2. The molecule has 15 nitrogen and oxygen atoms in total. The number of aliphatic carboxylic acids is 1. The van der Waals surface area contributed by atoms with Crippen molar-refractivity contribution in [2.24, 2.45) is 16.0 Å². The minimum Gasteiger partial charge on any atom is -0.487 e. The molecule has 0 unspecified atom stereocenters. The van der Waals surface area contributed by atoms with Gasteiger partial charge in [-0.15, -0.1) is 0 Å². The molecular weight excluding hydrogens is 1050 g/mol. The van der Waals surface area contributed by atoms with Crippen LogP contribution >= 0.6 is 0 Å². The molecule has 6 aromatic carbocycles. The molecule has 4 atom stereocenters. The zero-order valence-electron chi connectivity index (χ0n) is 44.5. The van der Waals surface area contributed by atoms with Crippen LogP contribution < -0.4 is 20.5 Å². The molecule has 0 bridgehead atoms. The van der Waals surface area contributed by atoms with Gasteiger partial charge in [0.15, 0.2) is 34.6 Å². The van der Waals surface area contributed by atoms with Crippen molar-refractivity contribution in [2.45, 2.75) is 101 Å². The first-order valence-electron chi connectivity index (χ1n) is 27.4. The number of aliphatic hydroxyl groups is 2.